The van der Waals surface area contributed by atoms with Crippen LogP contribution in [0, 0.1) is 23.7 Å². The highest BCUT2D eigenvalue weighted by Crippen LogP contribution is 2.68. The molecule has 160 valence electrons. The number of fused-ring (bicyclic) bond motifs is 2. The topological polar surface area (TPSA) is 40.6 Å². The van der Waals surface area contributed by atoms with E-state index >= 15 is 0 Å². The maximum absolute atomic E-state index is 13.5. The molecule has 0 radical (unpaired) electrons. The zero-order chi connectivity index (χ0) is 20.9. The van der Waals surface area contributed by atoms with E-state index in [2.05, 4.69) is 43.9 Å². The molecule has 1 aliphatic heterocycles. The summed E-state index contributed by atoms with van der Waals surface area (Å²) in [6.07, 6.45) is 5.20. The fourth-order valence-corrected chi connectivity index (χ4v) is 8.55. The van der Waals surface area contributed by atoms with Gasteiger partial charge in [-0.2, -0.15) is 4.31 Å². The summed E-state index contributed by atoms with van der Waals surface area (Å²) in [5.74, 6) is 1.27. The van der Waals surface area contributed by atoms with Crippen LogP contribution in [0.25, 0.3) is 0 Å². The summed E-state index contributed by atoms with van der Waals surface area (Å²) in [5, 5.41) is 0. The number of hydrogen-bond donors (Lipinski definition) is 0. The third kappa shape index (κ3) is 3.43. The van der Waals surface area contributed by atoms with Crippen LogP contribution in [0.5, 0.6) is 0 Å². The van der Waals surface area contributed by atoms with Crippen molar-refractivity contribution in [1.82, 2.24) is 4.31 Å². The van der Waals surface area contributed by atoms with Gasteiger partial charge < -0.3 is 4.90 Å². The van der Waals surface area contributed by atoms with Gasteiger partial charge in [0.25, 0.3) is 0 Å². The first-order valence-electron chi connectivity index (χ1n) is 10.8. The van der Waals surface area contributed by atoms with Gasteiger partial charge in [-0.25, -0.2) is 8.42 Å². The van der Waals surface area contributed by atoms with E-state index in [1.807, 2.05) is 12.1 Å². The first-order valence-corrected chi connectivity index (χ1v) is 12.9. The molecule has 2 atom stereocenters. The number of alkyl halides is 1. The van der Waals surface area contributed by atoms with Gasteiger partial charge in [0.15, 0.2) is 0 Å². The molecule has 1 aromatic carbocycles. The van der Waals surface area contributed by atoms with E-state index in [0.717, 1.165) is 32.4 Å². The van der Waals surface area contributed by atoms with Crippen LogP contribution in [-0.2, 0) is 10.0 Å². The molecule has 1 aromatic rings. The predicted octanol–water partition coefficient (Wildman–Crippen LogP) is 4.44. The standard InChI is InChI=1S/C23H33ClN2O2S/c1-18-6-4-5-7-21(18)25-12-14-26(15-13-25)29(27,28)17-23-10-8-19(22(23,2)3)16-20(23)9-11-24/h4-7,9,19H,8,10-17H2,1-3H3. The van der Waals surface area contributed by atoms with Crippen LogP contribution in [0.2, 0.25) is 0 Å². The van der Waals surface area contributed by atoms with E-state index in [9.17, 15) is 8.42 Å². The lowest BCUT2D eigenvalue weighted by molar-refractivity contribution is 0.179. The second kappa shape index (κ2) is 7.58. The quantitative estimate of drug-likeness (QED) is 0.506. The molecule has 1 saturated heterocycles. The maximum atomic E-state index is 13.5. The van der Waals surface area contributed by atoms with Crippen molar-refractivity contribution in [2.45, 2.75) is 40.0 Å². The Morgan fingerprint density at radius 3 is 2.48 bits per heavy atom. The fraction of sp³-hybridized carbons (Fsp3) is 0.652. The zero-order valence-electron chi connectivity index (χ0n) is 17.8. The summed E-state index contributed by atoms with van der Waals surface area (Å²) in [7, 11) is -3.33. The van der Waals surface area contributed by atoms with Crippen LogP contribution in [0.4, 0.5) is 5.69 Å². The van der Waals surface area contributed by atoms with E-state index in [4.69, 9.17) is 11.6 Å². The Morgan fingerprint density at radius 2 is 1.86 bits per heavy atom. The molecule has 3 fully saturated rings. The first kappa shape index (κ1) is 21.2. The van der Waals surface area contributed by atoms with Crippen molar-refractivity contribution < 1.29 is 8.42 Å². The first-order chi connectivity index (χ1) is 13.7. The zero-order valence-corrected chi connectivity index (χ0v) is 19.4. The molecule has 3 aliphatic rings. The Hall–Kier alpha value is -1.04. The maximum Gasteiger partial charge on any atom is 0.215 e. The molecule has 2 saturated carbocycles. The molecule has 4 nitrogen and oxygen atoms in total. The molecular weight excluding hydrogens is 404 g/mol. The number of aryl methyl sites for hydroxylation is 1. The number of allylic oxidation sites excluding steroid dienone is 2. The molecule has 0 spiro atoms. The van der Waals surface area contributed by atoms with Gasteiger partial charge >= 0.3 is 0 Å². The second-order valence-electron chi connectivity index (χ2n) is 9.56. The summed E-state index contributed by atoms with van der Waals surface area (Å²) in [6, 6.07) is 8.33. The van der Waals surface area contributed by atoms with Gasteiger partial charge in [0.2, 0.25) is 10.0 Å². The highest BCUT2D eigenvalue weighted by atomic mass is 35.5. The molecule has 2 bridgehead atoms. The number of benzene rings is 1. The monoisotopic (exact) mass is 436 g/mol. The number of para-hydroxylation sites is 1. The highest BCUT2D eigenvalue weighted by molar-refractivity contribution is 7.89. The molecule has 29 heavy (non-hydrogen) atoms. The van der Waals surface area contributed by atoms with Gasteiger partial charge in [0.1, 0.15) is 0 Å². The summed E-state index contributed by atoms with van der Waals surface area (Å²) in [5.41, 5.74) is 3.50. The number of nitrogens with zero attached hydrogens (tertiary/aromatic N) is 2. The van der Waals surface area contributed by atoms with Gasteiger partial charge in [-0.1, -0.05) is 43.7 Å². The molecule has 2 aliphatic carbocycles. The van der Waals surface area contributed by atoms with Crippen LogP contribution in [-0.4, -0.2) is 50.5 Å². The summed E-state index contributed by atoms with van der Waals surface area (Å²) >= 11 is 6.04. The van der Waals surface area contributed by atoms with Crippen molar-refractivity contribution in [1.29, 1.82) is 0 Å². The number of piperazine rings is 1. The van der Waals surface area contributed by atoms with E-state index in [1.165, 1.54) is 16.8 Å². The molecule has 0 amide bonds. The lowest BCUT2D eigenvalue weighted by atomic mass is 9.69. The molecule has 1 heterocycles. The van der Waals surface area contributed by atoms with Crippen molar-refractivity contribution in [2.24, 2.45) is 16.7 Å². The molecular formula is C23H33ClN2O2S. The van der Waals surface area contributed by atoms with E-state index in [1.54, 1.807) is 4.31 Å². The van der Waals surface area contributed by atoms with Crippen molar-refractivity contribution in [2.75, 3.05) is 42.7 Å². The van der Waals surface area contributed by atoms with Gasteiger partial charge in [0.05, 0.1) is 5.75 Å². The van der Waals surface area contributed by atoms with E-state index < -0.39 is 10.0 Å². The van der Waals surface area contributed by atoms with Gasteiger partial charge in [-0.05, 0) is 49.1 Å². The Bertz CT molecular complexity index is 903. The molecule has 0 aromatic heterocycles. The lowest BCUT2D eigenvalue weighted by Gasteiger charge is -2.42. The Balaban J connectivity index is 1.51. The minimum Gasteiger partial charge on any atom is -0.369 e. The molecule has 6 heteroatoms. The average molecular weight is 437 g/mol. The summed E-state index contributed by atoms with van der Waals surface area (Å²) in [6.45, 7) is 9.26. The van der Waals surface area contributed by atoms with Crippen molar-refractivity contribution in [3.63, 3.8) is 0 Å². The SMILES string of the molecule is Cc1ccccc1N1CCN(S(=O)(=O)CC23CCC(CC2=CCCl)C3(C)C)CC1. The van der Waals surface area contributed by atoms with E-state index in [-0.39, 0.29) is 16.6 Å². The van der Waals surface area contributed by atoms with Crippen molar-refractivity contribution >= 4 is 27.3 Å². The number of rotatable bonds is 5. The van der Waals surface area contributed by atoms with Crippen LogP contribution < -0.4 is 4.90 Å². The number of halogens is 1. The Morgan fingerprint density at radius 1 is 1.17 bits per heavy atom. The van der Waals surface area contributed by atoms with Crippen LogP contribution in [0.3, 0.4) is 0 Å². The summed E-state index contributed by atoms with van der Waals surface area (Å²) < 4.78 is 28.8. The van der Waals surface area contributed by atoms with Crippen LogP contribution in [0.1, 0.15) is 38.7 Å². The summed E-state index contributed by atoms with van der Waals surface area (Å²) in [4.78, 5) is 2.31. The number of hydrogen-bond acceptors (Lipinski definition) is 3. The minimum atomic E-state index is -3.33. The van der Waals surface area contributed by atoms with E-state index in [0.29, 0.717) is 24.9 Å². The molecule has 4 rings (SSSR count). The van der Waals surface area contributed by atoms with Crippen molar-refractivity contribution in [3.05, 3.63) is 41.5 Å². The van der Waals surface area contributed by atoms with Crippen LogP contribution in [0.15, 0.2) is 35.9 Å². The normalized spacial score (nSPS) is 31.0. The average Bonchev–Trinajstić information content (AvgIpc) is 3.03. The van der Waals surface area contributed by atoms with Gasteiger partial charge in [-0.15, -0.1) is 11.6 Å². The Kier molecular flexibility index (Phi) is 5.54. The predicted molar refractivity (Wildman–Crippen MR) is 121 cm³/mol. The number of sulfonamides is 1. The van der Waals surface area contributed by atoms with Crippen molar-refractivity contribution in [3.8, 4) is 0 Å². The third-order valence-electron chi connectivity index (χ3n) is 8.10. The molecule has 0 N–H and O–H groups in total. The number of anilines is 1. The largest absolute Gasteiger partial charge is 0.369 e. The smallest absolute Gasteiger partial charge is 0.215 e. The fourth-order valence-electron chi connectivity index (χ4n) is 6.14. The second-order valence-corrected chi connectivity index (χ2v) is 11.8. The van der Waals surface area contributed by atoms with Crippen LogP contribution >= 0.6 is 11.6 Å². The Labute approximate surface area is 181 Å². The van der Waals surface area contributed by atoms with Gasteiger partial charge in [-0.3, -0.25) is 0 Å². The van der Waals surface area contributed by atoms with Gasteiger partial charge in [0, 0.05) is 43.2 Å². The lowest BCUT2D eigenvalue weighted by Crippen LogP contribution is -2.52. The minimum absolute atomic E-state index is 0.0148. The molecule has 2 unspecified atom stereocenters. The highest BCUT2D eigenvalue weighted by Gasteiger charge is 2.63. The third-order valence-corrected chi connectivity index (χ3v) is 10.3.